The zero-order valence-corrected chi connectivity index (χ0v) is 13.3. The molecule has 1 atom stereocenters. The number of hydrogen-bond donors (Lipinski definition) is 0. The molecule has 0 saturated carbocycles. The van der Waals surface area contributed by atoms with E-state index < -0.39 is 32.2 Å². The van der Waals surface area contributed by atoms with Gasteiger partial charge < -0.3 is 4.52 Å². The first-order valence-electron chi connectivity index (χ1n) is 6.64. The Morgan fingerprint density at radius 3 is 2.43 bits per heavy atom. The van der Waals surface area contributed by atoms with E-state index in [0.717, 1.165) is 12.3 Å². The molecule has 0 fully saturated rings. The van der Waals surface area contributed by atoms with Gasteiger partial charge in [0.05, 0.1) is 10.8 Å². The average molecular weight is 349 g/mol. The van der Waals surface area contributed by atoms with Crippen LogP contribution in [0.2, 0.25) is 0 Å². The van der Waals surface area contributed by atoms with Crippen molar-refractivity contribution in [1.82, 2.24) is 15.1 Å². The summed E-state index contributed by atoms with van der Waals surface area (Å²) in [4.78, 5) is 7.10. The van der Waals surface area contributed by atoms with Crippen molar-refractivity contribution < 1.29 is 26.1 Å². The van der Waals surface area contributed by atoms with Crippen molar-refractivity contribution in [2.75, 3.05) is 0 Å². The van der Waals surface area contributed by atoms with Gasteiger partial charge in [-0.2, -0.15) is 18.2 Å². The molecule has 126 valence electrons. The first-order valence-corrected chi connectivity index (χ1v) is 8.25. The fraction of sp³-hybridized carbons (Fsp3) is 0.462. The molecule has 0 aliphatic rings. The summed E-state index contributed by atoms with van der Waals surface area (Å²) in [6.07, 6.45) is -3.69. The largest absolute Gasteiger partial charge is 0.434 e. The second-order valence-corrected chi connectivity index (χ2v) is 7.96. The number of sulfone groups is 1. The molecule has 2 rings (SSSR count). The van der Waals surface area contributed by atoms with Crippen LogP contribution in [0.4, 0.5) is 13.2 Å². The minimum Gasteiger partial charge on any atom is -0.338 e. The third-order valence-electron chi connectivity index (χ3n) is 3.26. The van der Waals surface area contributed by atoms with Crippen LogP contribution in [-0.2, 0) is 16.0 Å². The lowest BCUT2D eigenvalue weighted by Gasteiger charge is -2.11. The van der Waals surface area contributed by atoms with Gasteiger partial charge in [0.15, 0.2) is 15.5 Å². The van der Waals surface area contributed by atoms with E-state index in [1.54, 1.807) is 0 Å². The number of alkyl halides is 3. The van der Waals surface area contributed by atoms with E-state index in [1.807, 2.05) is 0 Å². The minimum atomic E-state index is -4.69. The Balaban J connectivity index is 2.46. The van der Waals surface area contributed by atoms with E-state index in [9.17, 15) is 21.6 Å². The zero-order valence-electron chi connectivity index (χ0n) is 12.5. The van der Waals surface area contributed by atoms with Crippen LogP contribution in [0.3, 0.4) is 0 Å². The summed E-state index contributed by atoms with van der Waals surface area (Å²) in [7, 11) is -3.57. The molecule has 2 aromatic heterocycles. The highest BCUT2D eigenvalue weighted by molar-refractivity contribution is 7.92. The molecule has 1 unspecified atom stereocenters. The Morgan fingerprint density at radius 2 is 1.87 bits per heavy atom. The molecule has 2 aromatic rings. The summed E-state index contributed by atoms with van der Waals surface area (Å²) in [5.74, 6) is -0.614. The van der Waals surface area contributed by atoms with Crippen molar-refractivity contribution in [2.45, 2.75) is 37.4 Å². The SMILES string of the molecule is CC(C)S(=O)(=O)C(C)c1nc(-c2cccnc2C(F)(F)F)no1. The van der Waals surface area contributed by atoms with Crippen LogP contribution >= 0.6 is 0 Å². The highest BCUT2D eigenvalue weighted by Gasteiger charge is 2.37. The van der Waals surface area contributed by atoms with Crippen LogP contribution in [0, 0.1) is 0 Å². The van der Waals surface area contributed by atoms with Gasteiger partial charge in [0.2, 0.25) is 11.7 Å². The van der Waals surface area contributed by atoms with Crippen molar-refractivity contribution >= 4 is 9.84 Å². The normalized spacial score (nSPS) is 14.2. The van der Waals surface area contributed by atoms with Gasteiger partial charge in [-0.25, -0.2) is 8.42 Å². The molecule has 0 N–H and O–H groups in total. The maximum Gasteiger partial charge on any atom is 0.434 e. The summed E-state index contributed by atoms with van der Waals surface area (Å²) in [5.41, 5.74) is -1.53. The van der Waals surface area contributed by atoms with Crippen LogP contribution in [0.1, 0.15) is 37.6 Å². The maximum absolute atomic E-state index is 12.9. The van der Waals surface area contributed by atoms with Gasteiger partial charge in [0.1, 0.15) is 5.25 Å². The van der Waals surface area contributed by atoms with Crippen LogP contribution in [0.15, 0.2) is 22.9 Å². The van der Waals surface area contributed by atoms with Gasteiger partial charge in [-0.1, -0.05) is 5.16 Å². The molecule has 6 nitrogen and oxygen atoms in total. The number of rotatable bonds is 4. The molecule has 0 spiro atoms. The van der Waals surface area contributed by atoms with Gasteiger partial charge in [-0.3, -0.25) is 4.98 Å². The predicted octanol–water partition coefficient (Wildman–Crippen LogP) is 3.03. The fourth-order valence-corrected chi connectivity index (χ4v) is 3.06. The van der Waals surface area contributed by atoms with Crippen molar-refractivity contribution in [3.63, 3.8) is 0 Å². The highest BCUT2D eigenvalue weighted by Crippen LogP contribution is 2.35. The number of pyridine rings is 1. The van der Waals surface area contributed by atoms with Crippen LogP contribution in [0.25, 0.3) is 11.4 Å². The molecule has 0 bridgehead atoms. The minimum absolute atomic E-state index is 0.259. The van der Waals surface area contributed by atoms with E-state index in [4.69, 9.17) is 4.52 Å². The lowest BCUT2D eigenvalue weighted by Crippen LogP contribution is -2.20. The average Bonchev–Trinajstić information content (AvgIpc) is 2.94. The molecular weight excluding hydrogens is 335 g/mol. The standard InChI is InChI=1S/C13H14F3N3O3S/c1-7(2)23(20,21)8(3)12-18-11(19-22-12)9-5-4-6-17-10(9)13(14,15)16/h4-8H,1-3H3. The van der Waals surface area contributed by atoms with E-state index in [-0.39, 0.29) is 17.3 Å². The van der Waals surface area contributed by atoms with Crippen LogP contribution in [-0.4, -0.2) is 28.8 Å². The molecular formula is C13H14F3N3O3S. The van der Waals surface area contributed by atoms with Crippen molar-refractivity contribution in [1.29, 1.82) is 0 Å². The maximum atomic E-state index is 12.9. The first kappa shape index (κ1) is 17.4. The molecule has 0 radical (unpaired) electrons. The Labute approximate surface area is 130 Å². The van der Waals surface area contributed by atoms with Gasteiger partial charge in [-0.15, -0.1) is 0 Å². The van der Waals surface area contributed by atoms with Gasteiger partial charge >= 0.3 is 6.18 Å². The molecule has 10 heteroatoms. The fourth-order valence-electron chi connectivity index (χ4n) is 1.87. The summed E-state index contributed by atoms with van der Waals surface area (Å²) in [6.45, 7) is 4.33. The van der Waals surface area contributed by atoms with Gasteiger partial charge in [0, 0.05) is 6.20 Å². The quantitative estimate of drug-likeness (QED) is 0.843. The molecule has 0 saturated heterocycles. The van der Waals surface area contributed by atoms with Gasteiger partial charge in [0.25, 0.3) is 0 Å². The molecule has 0 aliphatic carbocycles. The molecule has 0 amide bonds. The predicted molar refractivity (Wildman–Crippen MR) is 75.0 cm³/mol. The smallest absolute Gasteiger partial charge is 0.338 e. The number of halogens is 3. The molecule has 0 aliphatic heterocycles. The second kappa shape index (κ2) is 5.91. The zero-order chi connectivity index (χ0) is 17.4. The van der Waals surface area contributed by atoms with E-state index in [0.29, 0.717) is 0 Å². The van der Waals surface area contributed by atoms with E-state index in [2.05, 4.69) is 15.1 Å². The molecule has 0 aromatic carbocycles. The first-order chi connectivity index (χ1) is 10.5. The monoisotopic (exact) mass is 349 g/mol. The number of hydrogen-bond acceptors (Lipinski definition) is 6. The van der Waals surface area contributed by atoms with Crippen LogP contribution < -0.4 is 0 Å². The second-order valence-electron chi connectivity index (χ2n) is 5.13. The Bertz CT molecular complexity index is 800. The number of nitrogens with zero attached hydrogens (tertiary/aromatic N) is 3. The lowest BCUT2D eigenvalue weighted by atomic mass is 10.2. The highest BCUT2D eigenvalue weighted by atomic mass is 32.2. The number of aromatic nitrogens is 3. The lowest BCUT2D eigenvalue weighted by molar-refractivity contribution is -0.140. The van der Waals surface area contributed by atoms with E-state index >= 15 is 0 Å². The van der Waals surface area contributed by atoms with Gasteiger partial charge in [-0.05, 0) is 32.9 Å². The topological polar surface area (TPSA) is 86.0 Å². The molecule has 2 heterocycles. The summed E-state index contributed by atoms with van der Waals surface area (Å²) in [5, 5.41) is 1.66. The van der Waals surface area contributed by atoms with E-state index in [1.165, 1.54) is 26.8 Å². The summed E-state index contributed by atoms with van der Waals surface area (Å²) >= 11 is 0. The van der Waals surface area contributed by atoms with Crippen LogP contribution in [0.5, 0.6) is 0 Å². The van der Waals surface area contributed by atoms with Crippen molar-refractivity contribution in [3.05, 3.63) is 29.9 Å². The summed E-state index contributed by atoms with van der Waals surface area (Å²) < 4.78 is 67.9. The van der Waals surface area contributed by atoms with Crippen molar-refractivity contribution in [2.24, 2.45) is 0 Å². The third kappa shape index (κ3) is 3.36. The summed E-state index contributed by atoms with van der Waals surface area (Å²) in [6, 6.07) is 2.45. The Hall–Kier alpha value is -1.97. The van der Waals surface area contributed by atoms with Crippen molar-refractivity contribution in [3.8, 4) is 11.4 Å². The third-order valence-corrected chi connectivity index (χ3v) is 5.76. The Morgan fingerprint density at radius 1 is 1.22 bits per heavy atom. The molecule has 23 heavy (non-hydrogen) atoms. The Kier molecular flexibility index (Phi) is 4.47.